The van der Waals surface area contributed by atoms with Crippen molar-refractivity contribution in [1.82, 2.24) is 14.9 Å². The van der Waals surface area contributed by atoms with Crippen molar-refractivity contribution in [3.05, 3.63) is 42.2 Å². The number of amides is 1. The summed E-state index contributed by atoms with van der Waals surface area (Å²) in [6.07, 6.45) is 3.17. The van der Waals surface area contributed by atoms with Crippen LogP contribution in [0.1, 0.15) is 5.56 Å². The Morgan fingerprint density at radius 3 is 2.71 bits per heavy atom. The van der Waals surface area contributed by atoms with Gasteiger partial charge in [0.15, 0.2) is 5.82 Å². The van der Waals surface area contributed by atoms with E-state index in [0.717, 1.165) is 11.3 Å². The number of benzene rings is 1. The Labute approximate surface area is 140 Å². The number of aromatic nitrogens is 2. The molecule has 0 unspecified atom stereocenters. The minimum absolute atomic E-state index is 0.0526. The van der Waals surface area contributed by atoms with Crippen molar-refractivity contribution in [1.29, 1.82) is 0 Å². The molecule has 1 aliphatic heterocycles. The van der Waals surface area contributed by atoms with Gasteiger partial charge >= 0.3 is 0 Å². The quantitative estimate of drug-likeness (QED) is 0.825. The molecule has 7 nitrogen and oxygen atoms in total. The van der Waals surface area contributed by atoms with Crippen molar-refractivity contribution in [3.63, 3.8) is 0 Å². The van der Waals surface area contributed by atoms with Crippen LogP contribution in [0.25, 0.3) is 0 Å². The maximum atomic E-state index is 12.5. The Bertz CT molecular complexity index is 722. The first-order chi connectivity index (χ1) is 11.7. The molecule has 2 heterocycles. The lowest BCUT2D eigenvalue weighted by Gasteiger charge is -2.35. The Morgan fingerprint density at radius 2 is 1.96 bits per heavy atom. The van der Waals surface area contributed by atoms with Gasteiger partial charge in [0.1, 0.15) is 5.75 Å². The smallest absolute Gasteiger partial charge is 0.257 e. The van der Waals surface area contributed by atoms with Crippen LogP contribution in [0.15, 0.2) is 36.7 Å². The van der Waals surface area contributed by atoms with Gasteiger partial charge in [-0.3, -0.25) is 4.79 Å². The van der Waals surface area contributed by atoms with E-state index in [1.165, 1.54) is 0 Å². The molecule has 0 spiro atoms. The van der Waals surface area contributed by atoms with Crippen LogP contribution in [0.2, 0.25) is 0 Å². The van der Waals surface area contributed by atoms with E-state index < -0.39 is 0 Å². The summed E-state index contributed by atoms with van der Waals surface area (Å²) in [7, 11) is 3.19. The van der Waals surface area contributed by atoms with Gasteiger partial charge in [-0.15, -0.1) is 0 Å². The summed E-state index contributed by atoms with van der Waals surface area (Å²) in [5.41, 5.74) is 1.05. The normalized spacial score (nSPS) is 14.7. The number of carbonyl (C=O) groups excluding carboxylic acids is 1. The third-order valence-electron chi connectivity index (χ3n) is 3.97. The summed E-state index contributed by atoms with van der Waals surface area (Å²) in [4.78, 5) is 24.7. The van der Waals surface area contributed by atoms with E-state index in [4.69, 9.17) is 9.47 Å². The zero-order chi connectivity index (χ0) is 16.9. The molecule has 7 heteroatoms. The molecule has 24 heavy (non-hydrogen) atoms. The second-order valence-corrected chi connectivity index (χ2v) is 5.48. The lowest BCUT2D eigenvalue weighted by Crippen LogP contribution is -2.50. The van der Waals surface area contributed by atoms with Crippen LogP contribution in [0.5, 0.6) is 11.6 Å². The van der Waals surface area contributed by atoms with Gasteiger partial charge in [0, 0.05) is 32.0 Å². The van der Waals surface area contributed by atoms with Crippen molar-refractivity contribution in [2.75, 3.05) is 38.8 Å². The first-order valence-electron chi connectivity index (χ1n) is 7.72. The molecule has 1 aromatic carbocycles. The number of nitrogens with zero attached hydrogens (tertiary/aromatic N) is 4. The number of carbonyl (C=O) groups is 1. The maximum Gasteiger partial charge on any atom is 0.257 e. The predicted octanol–water partition coefficient (Wildman–Crippen LogP) is 1.34. The molecule has 0 bridgehead atoms. The zero-order valence-electron chi connectivity index (χ0n) is 13.8. The van der Waals surface area contributed by atoms with Crippen molar-refractivity contribution < 1.29 is 14.3 Å². The van der Waals surface area contributed by atoms with Gasteiger partial charge in [0.25, 0.3) is 5.88 Å². The summed E-state index contributed by atoms with van der Waals surface area (Å²) < 4.78 is 10.5. The maximum absolute atomic E-state index is 12.5. The van der Waals surface area contributed by atoms with E-state index in [0.29, 0.717) is 31.3 Å². The lowest BCUT2D eigenvalue weighted by atomic mass is 10.2. The molecule has 2 aromatic rings. The number of piperazine rings is 1. The third-order valence-corrected chi connectivity index (χ3v) is 3.97. The van der Waals surface area contributed by atoms with Crippen LogP contribution in [-0.2, 0) is 11.3 Å². The lowest BCUT2D eigenvalue weighted by molar-refractivity contribution is -0.131. The van der Waals surface area contributed by atoms with Gasteiger partial charge in [0.2, 0.25) is 5.91 Å². The fourth-order valence-corrected chi connectivity index (χ4v) is 2.73. The summed E-state index contributed by atoms with van der Waals surface area (Å²) in [5.74, 6) is 1.89. The van der Waals surface area contributed by atoms with Crippen LogP contribution in [0.4, 0.5) is 5.82 Å². The molecule has 0 atom stereocenters. The molecule has 1 aromatic heterocycles. The second kappa shape index (κ2) is 7.16. The molecule has 1 aliphatic rings. The molecule has 126 valence electrons. The molecule has 1 amide bonds. The number of hydrogen-bond acceptors (Lipinski definition) is 6. The fraction of sp³-hybridized carbons (Fsp3) is 0.353. The van der Waals surface area contributed by atoms with E-state index in [1.54, 1.807) is 26.6 Å². The van der Waals surface area contributed by atoms with E-state index in [-0.39, 0.29) is 12.5 Å². The number of hydrogen-bond donors (Lipinski definition) is 0. The minimum atomic E-state index is 0.0526. The van der Waals surface area contributed by atoms with Crippen LogP contribution in [-0.4, -0.2) is 54.6 Å². The van der Waals surface area contributed by atoms with E-state index in [1.807, 2.05) is 34.1 Å². The fourth-order valence-electron chi connectivity index (χ4n) is 2.73. The van der Waals surface area contributed by atoms with Gasteiger partial charge < -0.3 is 19.3 Å². The molecule has 1 fully saturated rings. The molecular weight excluding hydrogens is 308 g/mol. The molecule has 0 radical (unpaired) electrons. The zero-order valence-corrected chi connectivity index (χ0v) is 13.8. The van der Waals surface area contributed by atoms with Gasteiger partial charge in [-0.2, -0.15) is 0 Å². The Hall–Kier alpha value is -2.83. The minimum Gasteiger partial charge on any atom is -0.497 e. The number of anilines is 1. The second-order valence-electron chi connectivity index (χ2n) is 5.48. The summed E-state index contributed by atoms with van der Waals surface area (Å²) in [5, 5.41) is 0. The van der Waals surface area contributed by atoms with Crippen molar-refractivity contribution in [2.24, 2.45) is 0 Å². The van der Waals surface area contributed by atoms with Crippen LogP contribution < -0.4 is 14.4 Å². The predicted molar refractivity (Wildman–Crippen MR) is 89.2 cm³/mol. The summed E-state index contributed by atoms with van der Waals surface area (Å²) in [6.45, 7) is 2.14. The Morgan fingerprint density at radius 1 is 1.12 bits per heavy atom. The first-order valence-corrected chi connectivity index (χ1v) is 7.72. The topological polar surface area (TPSA) is 67.8 Å². The first kappa shape index (κ1) is 16.0. The summed E-state index contributed by atoms with van der Waals surface area (Å²) in [6, 6.07) is 7.77. The van der Waals surface area contributed by atoms with Gasteiger partial charge in [-0.05, 0) is 17.7 Å². The van der Waals surface area contributed by atoms with Crippen molar-refractivity contribution in [3.8, 4) is 11.6 Å². The Kier molecular flexibility index (Phi) is 4.79. The monoisotopic (exact) mass is 328 g/mol. The molecular formula is C17H20N4O3. The average molecular weight is 328 g/mol. The highest BCUT2D eigenvalue weighted by Gasteiger charge is 2.27. The number of ether oxygens (including phenoxy) is 2. The highest BCUT2D eigenvalue weighted by molar-refractivity contribution is 5.82. The standard InChI is InChI=1S/C17H20N4O3/c1-23-14-5-3-4-13(10-14)11-20-8-9-21(12-15(20)22)16-17(24-2)19-7-6-18-16/h3-7,10H,8-9,11-12H2,1-2H3. The molecule has 0 saturated carbocycles. The molecule has 0 aliphatic carbocycles. The highest BCUT2D eigenvalue weighted by Crippen LogP contribution is 2.24. The number of rotatable bonds is 5. The van der Waals surface area contributed by atoms with Crippen LogP contribution in [0, 0.1) is 0 Å². The van der Waals surface area contributed by atoms with Crippen molar-refractivity contribution in [2.45, 2.75) is 6.54 Å². The van der Waals surface area contributed by atoms with Crippen molar-refractivity contribution >= 4 is 11.7 Å². The van der Waals surface area contributed by atoms with E-state index in [2.05, 4.69) is 9.97 Å². The molecule has 1 saturated heterocycles. The van der Waals surface area contributed by atoms with Gasteiger partial charge in [-0.25, -0.2) is 9.97 Å². The SMILES string of the molecule is COc1cccc(CN2CCN(c3nccnc3OC)CC2=O)c1. The average Bonchev–Trinajstić information content (AvgIpc) is 2.63. The third kappa shape index (κ3) is 3.40. The largest absolute Gasteiger partial charge is 0.497 e. The highest BCUT2D eigenvalue weighted by atomic mass is 16.5. The summed E-state index contributed by atoms with van der Waals surface area (Å²) >= 11 is 0. The number of methoxy groups -OCH3 is 2. The Balaban J connectivity index is 1.68. The van der Waals surface area contributed by atoms with Crippen LogP contribution in [0.3, 0.4) is 0 Å². The van der Waals surface area contributed by atoms with E-state index in [9.17, 15) is 4.79 Å². The van der Waals surface area contributed by atoms with Gasteiger partial charge in [-0.1, -0.05) is 12.1 Å². The van der Waals surface area contributed by atoms with Gasteiger partial charge in [0.05, 0.1) is 20.8 Å². The van der Waals surface area contributed by atoms with Crippen LogP contribution >= 0.6 is 0 Å². The van der Waals surface area contributed by atoms with E-state index >= 15 is 0 Å². The molecule has 0 N–H and O–H groups in total. The molecule has 3 rings (SSSR count).